The molecule has 0 aliphatic heterocycles. The molecule has 0 saturated carbocycles. The number of anilines is 1. The van der Waals surface area contributed by atoms with E-state index in [0.29, 0.717) is 28.5 Å². The van der Waals surface area contributed by atoms with Crippen molar-refractivity contribution >= 4 is 11.7 Å². The highest BCUT2D eigenvalue weighted by Gasteiger charge is 2.19. The minimum absolute atomic E-state index is 0.204. The third-order valence-electron chi connectivity index (χ3n) is 4.91. The quantitative estimate of drug-likeness (QED) is 0.344. The van der Waals surface area contributed by atoms with E-state index in [9.17, 15) is 10.1 Å². The SMILES string of the molecule is Cc1cc(Oc2ccccc2C#N)ccc1OCc1c(C)cccc1N(N)C(=O)N(C)N. The molecule has 8 heteroatoms. The van der Waals surface area contributed by atoms with Gasteiger partial charge in [0, 0.05) is 12.6 Å². The molecule has 164 valence electrons. The molecular weight excluding hydrogens is 406 g/mol. The summed E-state index contributed by atoms with van der Waals surface area (Å²) in [5.41, 5.74) is 3.53. The van der Waals surface area contributed by atoms with Crippen LogP contribution in [0.15, 0.2) is 60.7 Å². The Morgan fingerprint density at radius 1 is 1.00 bits per heavy atom. The molecule has 32 heavy (non-hydrogen) atoms. The van der Waals surface area contributed by atoms with Crippen LogP contribution in [-0.2, 0) is 6.61 Å². The number of carbonyl (C=O) groups excluding carboxylic acids is 1. The molecule has 0 radical (unpaired) electrons. The molecule has 8 nitrogen and oxygen atoms in total. The van der Waals surface area contributed by atoms with E-state index in [1.807, 2.05) is 38.1 Å². The third-order valence-corrected chi connectivity index (χ3v) is 4.91. The van der Waals surface area contributed by atoms with Crippen LogP contribution in [-0.4, -0.2) is 18.1 Å². The number of rotatable bonds is 6. The smallest absolute Gasteiger partial charge is 0.352 e. The van der Waals surface area contributed by atoms with Gasteiger partial charge < -0.3 is 9.47 Å². The summed E-state index contributed by atoms with van der Waals surface area (Å²) in [5.74, 6) is 13.3. The molecule has 0 aliphatic carbocycles. The van der Waals surface area contributed by atoms with E-state index >= 15 is 0 Å². The first kappa shape index (κ1) is 22.6. The predicted octanol–water partition coefficient (Wildman–Crippen LogP) is 4.15. The maximum absolute atomic E-state index is 12.2. The first-order chi connectivity index (χ1) is 15.3. The molecule has 3 aromatic carbocycles. The van der Waals surface area contributed by atoms with Gasteiger partial charge in [-0.2, -0.15) is 5.26 Å². The maximum Gasteiger partial charge on any atom is 0.352 e. The Balaban J connectivity index is 1.78. The van der Waals surface area contributed by atoms with E-state index in [1.165, 1.54) is 7.05 Å². The average molecular weight is 431 g/mol. The van der Waals surface area contributed by atoms with Crippen molar-refractivity contribution in [2.24, 2.45) is 11.7 Å². The second-order valence-electron chi connectivity index (χ2n) is 7.26. The van der Waals surface area contributed by atoms with E-state index < -0.39 is 6.03 Å². The molecule has 4 N–H and O–H groups in total. The zero-order valence-corrected chi connectivity index (χ0v) is 18.2. The molecule has 0 bridgehead atoms. The van der Waals surface area contributed by atoms with E-state index in [2.05, 4.69) is 6.07 Å². The Kier molecular flexibility index (Phi) is 6.95. The van der Waals surface area contributed by atoms with E-state index in [-0.39, 0.29) is 6.61 Å². The van der Waals surface area contributed by atoms with Gasteiger partial charge in [0.25, 0.3) is 0 Å². The van der Waals surface area contributed by atoms with Gasteiger partial charge >= 0.3 is 6.03 Å². The number of nitriles is 1. The fourth-order valence-electron chi connectivity index (χ4n) is 3.15. The van der Waals surface area contributed by atoms with Crippen molar-refractivity contribution < 1.29 is 14.3 Å². The molecule has 0 unspecified atom stereocenters. The summed E-state index contributed by atoms with van der Waals surface area (Å²) in [6.45, 7) is 4.03. The number of ether oxygens (including phenoxy) is 2. The number of benzene rings is 3. The van der Waals surface area contributed by atoms with Crippen LogP contribution >= 0.6 is 0 Å². The Morgan fingerprint density at radius 3 is 2.44 bits per heavy atom. The molecular formula is C24H25N5O3. The Bertz CT molecular complexity index is 1170. The minimum atomic E-state index is -0.549. The van der Waals surface area contributed by atoms with Gasteiger partial charge in [0.15, 0.2) is 0 Å². The van der Waals surface area contributed by atoms with Crippen LogP contribution in [0.4, 0.5) is 10.5 Å². The zero-order valence-electron chi connectivity index (χ0n) is 18.2. The number of aryl methyl sites for hydroxylation is 2. The van der Waals surface area contributed by atoms with Gasteiger partial charge in [0.2, 0.25) is 0 Å². The highest BCUT2D eigenvalue weighted by Crippen LogP contribution is 2.30. The molecule has 0 aliphatic rings. The topological polar surface area (TPSA) is 118 Å². The summed E-state index contributed by atoms with van der Waals surface area (Å²) in [5, 5.41) is 11.1. The highest BCUT2D eigenvalue weighted by molar-refractivity contribution is 5.91. The van der Waals surface area contributed by atoms with Crippen molar-refractivity contribution in [1.29, 1.82) is 5.26 Å². The lowest BCUT2D eigenvalue weighted by Gasteiger charge is -2.24. The molecule has 3 aromatic rings. The summed E-state index contributed by atoms with van der Waals surface area (Å²) < 4.78 is 11.9. The molecule has 0 aromatic heterocycles. The number of urea groups is 1. The van der Waals surface area contributed by atoms with Gasteiger partial charge in [0.05, 0.1) is 11.3 Å². The first-order valence-electron chi connectivity index (χ1n) is 9.88. The average Bonchev–Trinajstić information content (AvgIpc) is 2.78. The molecule has 0 spiro atoms. The normalized spacial score (nSPS) is 10.2. The number of hydrazine groups is 2. The van der Waals surface area contributed by atoms with Gasteiger partial charge in [-0.1, -0.05) is 24.3 Å². The van der Waals surface area contributed by atoms with E-state index in [1.54, 1.807) is 36.4 Å². The van der Waals surface area contributed by atoms with Crippen molar-refractivity contribution in [3.8, 4) is 23.3 Å². The summed E-state index contributed by atoms with van der Waals surface area (Å²) >= 11 is 0. The predicted molar refractivity (Wildman–Crippen MR) is 122 cm³/mol. The molecule has 2 amide bonds. The fourth-order valence-corrected chi connectivity index (χ4v) is 3.15. The maximum atomic E-state index is 12.2. The van der Waals surface area contributed by atoms with Crippen LogP contribution in [0.25, 0.3) is 0 Å². The second-order valence-corrected chi connectivity index (χ2v) is 7.26. The summed E-state index contributed by atoms with van der Waals surface area (Å²) in [4.78, 5) is 12.2. The second kappa shape index (κ2) is 9.83. The Labute approximate surface area is 187 Å². The molecule has 0 heterocycles. The lowest BCUT2D eigenvalue weighted by molar-refractivity contribution is 0.216. The lowest BCUT2D eigenvalue weighted by atomic mass is 10.1. The number of hydrogen-bond acceptors (Lipinski definition) is 6. The zero-order chi connectivity index (χ0) is 23.3. The summed E-state index contributed by atoms with van der Waals surface area (Å²) in [6, 6.07) is 19.5. The van der Waals surface area contributed by atoms with Crippen LogP contribution < -0.4 is 26.2 Å². The van der Waals surface area contributed by atoms with Crippen LogP contribution in [0.5, 0.6) is 17.2 Å². The molecule has 0 fully saturated rings. The van der Waals surface area contributed by atoms with Gasteiger partial charge in [0.1, 0.15) is 29.9 Å². The minimum Gasteiger partial charge on any atom is -0.489 e. The fraction of sp³-hybridized carbons (Fsp3) is 0.167. The number of nitrogens with zero attached hydrogens (tertiary/aromatic N) is 3. The van der Waals surface area contributed by atoms with Crippen LogP contribution in [0.2, 0.25) is 0 Å². The van der Waals surface area contributed by atoms with Crippen molar-refractivity contribution in [2.45, 2.75) is 20.5 Å². The van der Waals surface area contributed by atoms with Gasteiger partial charge in [-0.15, -0.1) is 0 Å². The standard InChI is InChI=1S/C24H25N5O3/c1-16-7-6-9-21(29(27)24(30)28(3)26)20(16)15-31-22-12-11-19(13-17(22)2)32-23-10-5-4-8-18(23)14-25/h4-13H,15,26-27H2,1-3H3. The third kappa shape index (κ3) is 4.98. The number of amides is 2. The van der Waals surface area contributed by atoms with Gasteiger partial charge in [-0.3, -0.25) is 5.01 Å². The molecule has 3 rings (SSSR count). The first-order valence-corrected chi connectivity index (χ1v) is 9.88. The van der Waals surface area contributed by atoms with Crippen molar-refractivity contribution in [3.63, 3.8) is 0 Å². The molecule has 0 atom stereocenters. The largest absolute Gasteiger partial charge is 0.489 e. The van der Waals surface area contributed by atoms with Crippen molar-refractivity contribution in [2.75, 3.05) is 12.1 Å². The van der Waals surface area contributed by atoms with Crippen LogP contribution in [0, 0.1) is 25.2 Å². The van der Waals surface area contributed by atoms with E-state index in [0.717, 1.165) is 26.7 Å². The van der Waals surface area contributed by atoms with Crippen LogP contribution in [0.3, 0.4) is 0 Å². The van der Waals surface area contributed by atoms with Gasteiger partial charge in [-0.25, -0.2) is 21.5 Å². The van der Waals surface area contributed by atoms with Crippen molar-refractivity contribution in [1.82, 2.24) is 5.01 Å². The number of nitrogens with two attached hydrogens (primary N) is 2. The lowest BCUT2D eigenvalue weighted by Crippen LogP contribution is -2.49. The summed E-state index contributed by atoms with van der Waals surface area (Å²) in [7, 11) is 1.43. The van der Waals surface area contributed by atoms with E-state index in [4.69, 9.17) is 21.2 Å². The number of hydrogen-bond donors (Lipinski definition) is 2. The Morgan fingerprint density at radius 2 is 1.75 bits per heavy atom. The Hall–Kier alpha value is -4.06. The number of carbonyl (C=O) groups is 1. The molecule has 0 saturated heterocycles. The monoisotopic (exact) mass is 431 g/mol. The number of para-hydroxylation sites is 1. The van der Waals surface area contributed by atoms with Gasteiger partial charge in [-0.05, 0) is 61.4 Å². The van der Waals surface area contributed by atoms with Crippen LogP contribution in [0.1, 0.15) is 22.3 Å². The highest BCUT2D eigenvalue weighted by atomic mass is 16.5. The summed E-state index contributed by atoms with van der Waals surface area (Å²) in [6.07, 6.45) is 0. The van der Waals surface area contributed by atoms with Crippen molar-refractivity contribution in [3.05, 3.63) is 82.9 Å².